The molecule has 0 amide bonds. The van der Waals surface area contributed by atoms with Crippen LogP contribution in [-0.2, 0) is 6.42 Å². The van der Waals surface area contributed by atoms with Crippen LogP contribution in [0, 0.1) is 0 Å². The zero-order valence-electron chi connectivity index (χ0n) is 13.0. The quantitative estimate of drug-likeness (QED) is 0.416. The van der Waals surface area contributed by atoms with Gasteiger partial charge in [-0.05, 0) is 18.6 Å². The van der Waals surface area contributed by atoms with Gasteiger partial charge in [0.15, 0.2) is 0 Å². The molecule has 0 aliphatic carbocycles. The van der Waals surface area contributed by atoms with E-state index in [1.54, 1.807) is 0 Å². The molecule has 2 rings (SSSR count). The minimum Gasteiger partial charge on any atom is -0.271 e. The van der Waals surface area contributed by atoms with Crippen molar-refractivity contribution in [1.29, 1.82) is 0 Å². The zero-order valence-corrected chi connectivity index (χ0v) is 13.0. The van der Waals surface area contributed by atoms with Crippen LogP contribution in [0.15, 0.2) is 36.4 Å². The van der Waals surface area contributed by atoms with Crippen LogP contribution >= 0.6 is 0 Å². The second kappa shape index (κ2) is 8.75. The van der Waals surface area contributed by atoms with E-state index in [2.05, 4.69) is 36.6 Å². The van der Waals surface area contributed by atoms with Crippen molar-refractivity contribution in [3.63, 3.8) is 0 Å². The lowest BCUT2D eigenvalue weighted by Gasteiger charge is -2.15. The molecule has 0 spiro atoms. The number of pyridine rings is 1. The minimum atomic E-state index is 0.320. The molecular weight excluding hydrogens is 258 g/mol. The van der Waals surface area contributed by atoms with Gasteiger partial charge in [-0.25, -0.2) is 0 Å². The smallest absolute Gasteiger partial charge is 0.0705 e. The molecule has 0 bridgehead atoms. The van der Waals surface area contributed by atoms with E-state index in [4.69, 9.17) is 10.8 Å². The van der Waals surface area contributed by atoms with E-state index < -0.39 is 0 Å². The van der Waals surface area contributed by atoms with Gasteiger partial charge in [-0.3, -0.25) is 16.3 Å². The first-order valence-electron chi connectivity index (χ1n) is 8.14. The van der Waals surface area contributed by atoms with Crippen molar-refractivity contribution in [2.24, 2.45) is 5.84 Å². The molecule has 0 aliphatic rings. The topological polar surface area (TPSA) is 50.9 Å². The molecule has 2 aromatic rings. The Morgan fingerprint density at radius 2 is 1.86 bits per heavy atom. The van der Waals surface area contributed by atoms with Gasteiger partial charge in [-0.15, -0.1) is 0 Å². The first kappa shape index (κ1) is 15.9. The highest BCUT2D eigenvalue weighted by molar-refractivity contribution is 5.78. The van der Waals surface area contributed by atoms with Gasteiger partial charge in [-0.2, -0.15) is 0 Å². The fraction of sp³-hybridized carbons (Fsp3) is 0.500. The Kier molecular flexibility index (Phi) is 6.64. The summed E-state index contributed by atoms with van der Waals surface area (Å²) in [5, 5.41) is 1.19. The fourth-order valence-corrected chi connectivity index (χ4v) is 2.71. The molecule has 0 fully saturated rings. The highest BCUT2D eigenvalue weighted by atomic mass is 15.2. The molecule has 1 heterocycles. The molecule has 114 valence electrons. The lowest BCUT2D eigenvalue weighted by Crippen LogP contribution is -2.36. The Morgan fingerprint density at radius 1 is 1.05 bits per heavy atom. The van der Waals surface area contributed by atoms with E-state index >= 15 is 0 Å². The predicted octanol–water partition coefficient (Wildman–Crippen LogP) is 3.97. The van der Waals surface area contributed by atoms with Crippen molar-refractivity contribution in [2.75, 3.05) is 0 Å². The Balaban J connectivity index is 1.87. The van der Waals surface area contributed by atoms with E-state index in [9.17, 15) is 0 Å². The molecule has 21 heavy (non-hydrogen) atoms. The van der Waals surface area contributed by atoms with Crippen LogP contribution in [0.3, 0.4) is 0 Å². The number of nitrogens with two attached hydrogens (primary N) is 1. The van der Waals surface area contributed by atoms with Gasteiger partial charge < -0.3 is 0 Å². The number of unbranched alkanes of at least 4 members (excludes halogenated alkanes) is 4. The third-order valence-corrected chi connectivity index (χ3v) is 4.00. The molecule has 0 saturated carbocycles. The molecule has 0 radical (unpaired) electrons. The standard InChI is InChI=1S/C18H27N3/c1-2-3-4-5-6-10-17(21-19)14-16-13-12-15-9-7-8-11-18(15)20-16/h7-9,11-13,17,21H,2-6,10,14,19H2,1H3. The largest absolute Gasteiger partial charge is 0.271 e. The number of rotatable bonds is 9. The molecule has 1 aromatic heterocycles. The number of fused-ring (bicyclic) bond motifs is 1. The van der Waals surface area contributed by atoms with Crippen molar-refractivity contribution in [2.45, 2.75) is 57.9 Å². The highest BCUT2D eigenvalue weighted by Gasteiger charge is 2.09. The molecule has 3 nitrogen and oxygen atoms in total. The molecule has 3 N–H and O–H groups in total. The second-order valence-electron chi connectivity index (χ2n) is 5.77. The fourth-order valence-electron chi connectivity index (χ4n) is 2.71. The van der Waals surface area contributed by atoms with Gasteiger partial charge in [0.2, 0.25) is 0 Å². The van der Waals surface area contributed by atoms with Crippen molar-refractivity contribution in [3.05, 3.63) is 42.1 Å². The Morgan fingerprint density at radius 3 is 2.67 bits per heavy atom. The number of hydrogen-bond acceptors (Lipinski definition) is 3. The van der Waals surface area contributed by atoms with Crippen LogP contribution in [0.2, 0.25) is 0 Å². The summed E-state index contributed by atoms with van der Waals surface area (Å²) in [5.41, 5.74) is 5.13. The van der Waals surface area contributed by atoms with Crippen molar-refractivity contribution in [3.8, 4) is 0 Å². The van der Waals surface area contributed by atoms with Gasteiger partial charge in [-0.1, -0.05) is 63.3 Å². The van der Waals surface area contributed by atoms with Crippen LogP contribution < -0.4 is 11.3 Å². The van der Waals surface area contributed by atoms with Crippen LogP contribution in [0.25, 0.3) is 10.9 Å². The molecule has 3 heteroatoms. The third kappa shape index (κ3) is 5.10. The van der Waals surface area contributed by atoms with Gasteiger partial charge >= 0.3 is 0 Å². The average molecular weight is 285 g/mol. The Hall–Kier alpha value is -1.45. The number of aromatic nitrogens is 1. The van der Waals surface area contributed by atoms with Crippen molar-refractivity contribution >= 4 is 10.9 Å². The SMILES string of the molecule is CCCCCCCC(Cc1ccc2ccccc2n1)NN. The van der Waals surface area contributed by atoms with Crippen molar-refractivity contribution < 1.29 is 0 Å². The summed E-state index contributed by atoms with van der Waals surface area (Å²) in [4.78, 5) is 4.73. The number of nitrogens with one attached hydrogen (secondary N) is 1. The van der Waals surface area contributed by atoms with E-state index in [1.807, 2.05) is 12.1 Å². The molecule has 1 unspecified atom stereocenters. The summed E-state index contributed by atoms with van der Waals surface area (Å²) < 4.78 is 0. The predicted molar refractivity (Wildman–Crippen MR) is 89.9 cm³/mol. The summed E-state index contributed by atoms with van der Waals surface area (Å²) in [6.45, 7) is 2.25. The lowest BCUT2D eigenvalue weighted by atomic mass is 10.0. The van der Waals surface area contributed by atoms with E-state index in [1.165, 1.54) is 37.5 Å². The minimum absolute atomic E-state index is 0.320. The summed E-state index contributed by atoms with van der Waals surface area (Å²) in [7, 11) is 0. The number of hydrazine groups is 1. The summed E-state index contributed by atoms with van der Waals surface area (Å²) in [6, 6.07) is 12.8. The maximum absolute atomic E-state index is 5.70. The maximum atomic E-state index is 5.70. The number of hydrogen-bond donors (Lipinski definition) is 2. The van der Waals surface area contributed by atoms with Gasteiger partial charge in [0.05, 0.1) is 5.52 Å². The molecule has 1 atom stereocenters. The number of para-hydroxylation sites is 1. The van der Waals surface area contributed by atoms with E-state index in [0.29, 0.717) is 6.04 Å². The van der Waals surface area contributed by atoms with Crippen LogP contribution in [0.5, 0.6) is 0 Å². The summed E-state index contributed by atoms with van der Waals surface area (Å²) in [5.74, 6) is 5.70. The van der Waals surface area contributed by atoms with E-state index in [0.717, 1.165) is 24.1 Å². The maximum Gasteiger partial charge on any atom is 0.0705 e. The average Bonchev–Trinajstić information content (AvgIpc) is 2.53. The zero-order chi connectivity index (χ0) is 14.9. The number of nitrogens with zero attached hydrogens (tertiary/aromatic N) is 1. The first-order valence-corrected chi connectivity index (χ1v) is 8.14. The van der Waals surface area contributed by atoms with Gasteiger partial charge in [0.25, 0.3) is 0 Å². The summed E-state index contributed by atoms with van der Waals surface area (Å²) in [6.07, 6.45) is 8.53. The van der Waals surface area contributed by atoms with Gasteiger partial charge in [0.1, 0.15) is 0 Å². The van der Waals surface area contributed by atoms with Crippen LogP contribution in [-0.4, -0.2) is 11.0 Å². The molecule has 0 saturated heterocycles. The van der Waals surface area contributed by atoms with E-state index in [-0.39, 0.29) is 0 Å². The molecular formula is C18H27N3. The van der Waals surface area contributed by atoms with Gasteiger partial charge in [0, 0.05) is 23.5 Å². The second-order valence-corrected chi connectivity index (χ2v) is 5.77. The lowest BCUT2D eigenvalue weighted by molar-refractivity contribution is 0.458. The van der Waals surface area contributed by atoms with Crippen molar-refractivity contribution in [1.82, 2.24) is 10.4 Å². The molecule has 1 aromatic carbocycles. The highest BCUT2D eigenvalue weighted by Crippen LogP contribution is 2.14. The normalized spacial score (nSPS) is 12.7. The van der Waals surface area contributed by atoms with Crippen LogP contribution in [0.4, 0.5) is 0 Å². The number of benzene rings is 1. The monoisotopic (exact) mass is 285 g/mol. The third-order valence-electron chi connectivity index (χ3n) is 4.00. The Bertz CT molecular complexity index is 539. The summed E-state index contributed by atoms with van der Waals surface area (Å²) >= 11 is 0. The molecule has 0 aliphatic heterocycles. The first-order chi connectivity index (χ1) is 10.3. The Labute approximate surface area is 127 Å². The van der Waals surface area contributed by atoms with Crippen LogP contribution in [0.1, 0.15) is 51.1 Å².